The SMILES string of the molecule is CC(=O)c1ccc(NC(=O)c2ccc(=O)n(Cc3ccc(C(F)(F)F)cc3)c2)cc1. The number of pyridine rings is 1. The molecule has 2 aromatic carbocycles. The molecule has 1 amide bonds. The Hall–Kier alpha value is -3.68. The Morgan fingerprint density at radius 3 is 2.07 bits per heavy atom. The molecule has 1 heterocycles. The predicted molar refractivity (Wildman–Crippen MR) is 106 cm³/mol. The fourth-order valence-electron chi connectivity index (χ4n) is 2.78. The van der Waals surface area contributed by atoms with Crippen LogP contribution in [-0.2, 0) is 12.7 Å². The van der Waals surface area contributed by atoms with E-state index in [-0.39, 0.29) is 17.9 Å². The Morgan fingerprint density at radius 1 is 0.900 bits per heavy atom. The van der Waals surface area contributed by atoms with Gasteiger partial charge in [-0.25, -0.2) is 0 Å². The fraction of sp³-hybridized carbons (Fsp3) is 0.136. The van der Waals surface area contributed by atoms with Crippen molar-refractivity contribution in [3.63, 3.8) is 0 Å². The molecule has 5 nitrogen and oxygen atoms in total. The summed E-state index contributed by atoms with van der Waals surface area (Å²) in [7, 11) is 0. The third kappa shape index (κ3) is 5.02. The average Bonchev–Trinajstić information content (AvgIpc) is 2.69. The molecule has 3 rings (SSSR count). The van der Waals surface area contributed by atoms with Crippen LogP contribution in [0, 0.1) is 0 Å². The number of benzene rings is 2. The number of nitrogens with zero attached hydrogens (tertiary/aromatic N) is 1. The van der Waals surface area contributed by atoms with Crippen molar-refractivity contribution in [3.05, 3.63) is 99.5 Å². The van der Waals surface area contributed by atoms with E-state index in [9.17, 15) is 27.6 Å². The molecule has 0 bridgehead atoms. The van der Waals surface area contributed by atoms with Crippen LogP contribution in [0.1, 0.15) is 38.8 Å². The van der Waals surface area contributed by atoms with Gasteiger partial charge in [0.15, 0.2) is 5.78 Å². The first-order valence-corrected chi connectivity index (χ1v) is 8.92. The van der Waals surface area contributed by atoms with Gasteiger partial charge in [0.1, 0.15) is 0 Å². The van der Waals surface area contributed by atoms with Gasteiger partial charge in [-0.2, -0.15) is 13.2 Å². The average molecular weight is 414 g/mol. The standard InChI is InChI=1S/C22H17F3N2O3/c1-14(28)16-4-9-19(10-5-16)26-21(30)17-6-11-20(29)27(13-17)12-15-2-7-18(8-3-15)22(23,24)25/h2-11,13H,12H2,1H3,(H,26,30). The van der Waals surface area contributed by atoms with Gasteiger partial charge in [0.25, 0.3) is 11.5 Å². The van der Waals surface area contributed by atoms with E-state index in [1.165, 1.54) is 42.0 Å². The predicted octanol–water partition coefficient (Wildman–Crippen LogP) is 4.37. The zero-order chi connectivity index (χ0) is 21.9. The Morgan fingerprint density at radius 2 is 1.50 bits per heavy atom. The molecule has 0 fully saturated rings. The van der Waals surface area contributed by atoms with Crippen LogP contribution in [0.3, 0.4) is 0 Å². The zero-order valence-corrected chi connectivity index (χ0v) is 15.9. The van der Waals surface area contributed by atoms with Crippen LogP contribution in [0.4, 0.5) is 18.9 Å². The minimum Gasteiger partial charge on any atom is -0.322 e. The molecule has 30 heavy (non-hydrogen) atoms. The Kier molecular flexibility index (Phi) is 5.86. The number of carbonyl (C=O) groups is 2. The molecule has 8 heteroatoms. The summed E-state index contributed by atoms with van der Waals surface area (Å²) in [4.78, 5) is 35.9. The molecule has 0 unspecified atom stereocenters. The van der Waals surface area contributed by atoms with Crippen molar-refractivity contribution in [1.82, 2.24) is 4.57 Å². The maximum Gasteiger partial charge on any atom is 0.416 e. The lowest BCUT2D eigenvalue weighted by Gasteiger charge is -2.11. The summed E-state index contributed by atoms with van der Waals surface area (Å²) in [5, 5.41) is 2.67. The number of rotatable bonds is 5. The number of hydrogen-bond donors (Lipinski definition) is 1. The molecule has 0 radical (unpaired) electrons. The third-order valence-corrected chi connectivity index (χ3v) is 4.43. The summed E-state index contributed by atoms with van der Waals surface area (Å²) in [6.07, 6.45) is -3.09. The van der Waals surface area contributed by atoms with Gasteiger partial charge in [-0.1, -0.05) is 12.1 Å². The summed E-state index contributed by atoms with van der Waals surface area (Å²) in [6.45, 7) is 1.46. The Labute approximate surface area is 169 Å². The number of anilines is 1. The van der Waals surface area contributed by atoms with Crippen LogP contribution in [0.25, 0.3) is 0 Å². The lowest BCUT2D eigenvalue weighted by atomic mass is 10.1. The van der Waals surface area contributed by atoms with Gasteiger partial charge in [-0.3, -0.25) is 14.4 Å². The van der Waals surface area contributed by atoms with Crippen molar-refractivity contribution in [1.29, 1.82) is 0 Å². The maximum absolute atomic E-state index is 12.7. The monoisotopic (exact) mass is 414 g/mol. The second-order valence-electron chi connectivity index (χ2n) is 6.67. The lowest BCUT2D eigenvalue weighted by Crippen LogP contribution is -2.22. The highest BCUT2D eigenvalue weighted by atomic mass is 19.4. The number of nitrogens with one attached hydrogen (secondary N) is 1. The molecule has 0 spiro atoms. The van der Waals surface area contributed by atoms with Crippen LogP contribution in [0.5, 0.6) is 0 Å². The second kappa shape index (κ2) is 8.36. The minimum absolute atomic E-state index is 0.0192. The van der Waals surface area contributed by atoms with Gasteiger partial charge in [0.2, 0.25) is 0 Å². The van der Waals surface area contributed by atoms with Crippen molar-refractivity contribution in [2.45, 2.75) is 19.6 Å². The molecule has 0 aliphatic rings. The third-order valence-electron chi connectivity index (χ3n) is 4.43. The summed E-state index contributed by atoms with van der Waals surface area (Å²) in [5.41, 5.74) is 0.517. The highest BCUT2D eigenvalue weighted by Crippen LogP contribution is 2.29. The highest BCUT2D eigenvalue weighted by Gasteiger charge is 2.29. The number of Topliss-reactive ketones (excluding diaryl/α,β-unsaturated/α-hetero) is 1. The molecule has 0 atom stereocenters. The molecule has 1 N–H and O–H groups in total. The Bertz CT molecular complexity index is 1130. The first kappa shape index (κ1) is 21.0. The zero-order valence-electron chi connectivity index (χ0n) is 15.9. The van der Waals surface area contributed by atoms with E-state index in [0.717, 1.165) is 12.1 Å². The molecule has 3 aromatic rings. The number of hydrogen-bond acceptors (Lipinski definition) is 3. The van der Waals surface area contributed by atoms with Crippen LogP contribution in [0.15, 0.2) is 71.7 Å². The van der Waals surface area contributed by atoms with Gasteiger partial charge >= 0.3 is 6.18 Å². The highest BCUT2D eigenvalue weighted by molar-refractivity contribution is 6.04. The van der Waals surface area contributed by atoms with Crippen molar-refractivity contribution in [3.8, 4) is 0 Å². The van der Waals surface area contributed by atoms with Crippen molar-refractivity contribution >= 4 is 17.4 Å². The molecule has 0 saturated carbocycles. The molecule has 0 saturated heterocycles. The number of carbonyl (C=O) groups excluding carboxylic acids is 2. The van der Waals surface area contributed by atoms with E-state index in [1.54, 1.807) is 24.3 Å². The van der Waals surface area contributed by atoms with Crippen LogP contribution in [0.2, 0.25) is 0 Å². The number of halogens is 3. The van der Waals surface area contributed by atoms with Crippen molar-refractivity contribution < 1.29 is 22.8 Å². The van der Waals surface area contributed by atoms with Crippen LogP contribution >= 0.6 is 0 Å². The van der Waals surface area contributed by atoms with E-state index in [2.05, 4.69) is 5.32 Å². The molecule has 1 aromatic heterocycles. The first-order valence-electron chi connectivity index (χ1n) is 8.92. The van der Waals surface area contributed by atoms with E-state index >= 15 is 0 Å². The summed E-state index contributed by atoms with van der Waals surface area (Å²) in [6, 6.07) is 13.4. The number of alkyl halides is 3. The van der Waals surface area contributed by atoms with E-state index in [1.807, 2.05) is 0 Å². The van der Waals surface area contributed by atoms with Crippen molar-refractivity contribution in [2.75, 3.05) is 5.32 Å². The number of aromatic nitrogens is 1. The molecule has 0 aliphatic carbocycles. The van der Waals surface area contributed by atoms with Gasteiger partial charge in [-0.15, -0.1) is 0 Å². The van der Waals surface area contributed by atoms with Gasteiger partial charge < -0.3 is 9.88 Å². The summed E-state index contributed by atoms with van der Waals surface area (Å²) < 4.78 is 39.3. The van der Waals surface area contributed by atoms with Crippen LogP contribution < -0.4 is 10.9 Å². The van der Waals surface area contributed by atoms with E-state index in [0.29, 0.717) is 16.8 Å². The maximum atomic E-state index is 12.7. The number of ketones is 1. The molecular formula is C22H17F3N2O3. The lowest BCUT2D eigenvalue weighted by molar-refractivity contribution is -0.137. The summed E-state index contributed by atoms with van der Waals surface area (Å²) >= 11 is 0. The van der Waals surface area contributed by atoms with Crippen molar-refractivity contribution in [2.24, 2.45) is 0 Å². The van der Waals surface area contributed by atoms with Crippen LogP contribution in [-0.4, -0.2) is 16.3 Å². The second-order valence-corrected chi connectivity index (χ2v) is 6.67. The normalized spacial score (nSPS) is 11.2. The smallest absolute Gasteiger partial charge is 0.322 e. The molecule has 154 valence electrons. The van der Waals surface area contributed by atoms with E-state index < -0.39 is 23.2 Å². The largest absolute Gasteiger partial charge is 0.416 e. The minimum atomic E-state index is -4.43. The number of amides is 1. The first-order chi connectivity index (χ1) is 14.1. The molecule has 0 aliphatic heterocycles. The fourth-order valence-corrected chi connectivity index (χ4v) is 2.78. The van der Waals surface area contributed by atoms with E-state index in [4.69, 9.17) is 0 Å². The quantitative estimate of drug-likeness (QED) is 0.631. The van der Waals surface area contributed by atoms with Gasteiger partial charge in [0, 0.05) is 23.5 Å². The van der Waals surface area contributed by atoms with Gasteiger partial charge in [-0.05, 0) is 55.0 Å². The summed E-state index contributed by atoms with van der Waals surface area (Å²) in [5.74, 6) is -0.560. The Balaban J connectivity index is 1.76. The van der Waals surface area contributed by atoms with Gasteiger partial charge in [0.05, 0.1) is 17.7 Å². The molecular weight excluding hydrogens is 397 g/mol. The topological polar surface area (TPSA) is 68.2 Å².